The van der Waals surface area contributed by atoms with E-state index in [4.69, 9.17) is 22.1 Å². The van der Waals surface area contributed by atoms with Gasteiger partial charge in [0.1, 0.15) is 5.75 Å². The molecule has 0 aromatic heterocycles. The zero-order valence-electron chi connectivity index (χ0n) is 10.2. The molecule has 0 saturated heterocycles. The van der Waals surface area contributed by atoms with Crippen LogP contribution in [0.25, 0.3) is 0 Å². The van der Waals surface area contributed by atoms with Crippen LogP contribution in [-0.2, 0) is 0 Å². The van der Waals surface area contributed by atoms with Crippen LogP contribution in [0.5, 0.6) is 5.75 Å². The Kier molecular flexibility index (Phi) is 5.10. The summed E-state index contributed by atoms with van der Waals surface area (Å²) in [6.07, 6.45) is 2.15. The third-order valence-electron chi connectivity index (χ3n) is 3.11. The van der Waals surface area contributed by atoms with Crippen molar-refractivity contribution in [1.29, 1.82) is 0 Å². The molecule has 2 N–H and O–H groups in total. The minimum Gasteiger partial charge on any atom is -0.496 e. The molecule has 0 spiro atoms. The zero-order chi connectivity index (χ0) is 12.1. The van der Waals surface area contributed by atoms with Crippen LogP contribution >= 0.6 is 11.6 Å². The molecule has 2 nitrogen and oxygen atoms in total. The Morgan fingerprint density at radius 1 is 1.31 bits per heavy atom. The maximum atomic E-state index is 6.26. The molecule has 0 aliphatic rings. The molecule has 1 unspecified atom stereocenters. The fourth-order valence-corrected chi connectivity index (χ4v) is 2.17. The number of rotatable bonds is 5. The van der Waals surface area contributed by atoms with Gasteiger partial charge in [-0.15, -0.1) is 0 Å². The molecule has 0 radical (unpaired) electrons. The molecule has 0 bridgehead atoms. The number of halogens is 1. The fourth-order valence-electron chi connectivity index (χ4n) is 2.01. The molecule has 1 aromatic carbocycles. The first-order valence-electron chi connectivity index (χ1n) is 5.73. The molecule has 3 heteroatoms. The lowest BCUT2D eigenvalue weighted by Crippen LogP contribution is -2.21. The third kappa shape index (κ3) is 2.89. The molecule has 1 rings (SSSR count). The Morgan fingerprint density at radius 3 is 2.44 bits per heavy atom. The van der Waals surface area contributed by atoms with Crippen LogP contribution in [0.4, 0.5) is 0 Å². The molecule has 0 aliphatic carbocycles. The number of hydrogen-bond donors (Lipinski definition) is 1. The van der Waals surface area contributed by atoms with Crippen molar-refractivity contribution < 1.29 is 4.74 Å². The normalized spacial score (nSPS) is 12.9. The average Bonchev–Trinajstić information content (AvgIpc) is 2.30. The molecule has 0 heterocycles. The molecular formula is C13H20ClNO. The van der Waals surface area contributed by atoms with E-state index in [9.17, 15) is 0 Å². The Balaban J connectivity index is 3.02. The highest BCUT2D eigenvalue weighted by atomic mass is 35.5. The van der Waals surface area contributed by atoms with Crippen molar-refractivity contribution in [1.82, 2.24) is 0 Å². The number of nitrogens with two attached hydrogens (primary N) is 1. The fraction of sp³-hybridized carbons (Fsp3) is 0.538. The summed E-state index contributed by atoms with van der Waals surface area (Å²) in [7, 11) is 1.65. The Hall–Kier alpha value is -0.730. The second-order valence-corrected chi connectivity index (χ2v) is 4.43. The number of ether oxygens (including phenoxy) is 1. The Bertz CT molecular complexity index is 337. The molecule has 16 heavy (non-hydrogen) atoms. The summed E-state index contributed by atoms with van der Waals surface area (Å²) in [5.74, 6) is 1.27. The smallest absolute Gasteiger partial charge is 0.125 e. The van der Waals surface area contributed by atoms with Crippen molar-refractivity contribution >= 4 is 11.6 Å². The van der Waals surface area contributed by atoms with Crippen LogP contribution in [0, 0.1) is 5.92 Å². The van der Waals surface area contributed by atoms with Gasteiger partial charge in [0.05, 0.1) is 7.11 Å². The van der Waals surface area contributed by atoms with Crippen LogP contribution in [0.1, 0.15) is 38.3 Å². The summed E-state index contributed by atoms with van der Waals surface area (Å²) in [5.41, 5.74) is 7.31. The minimum atomic E-state index is 0.0159. The summed E-state index contributed by atoms with van der Waals surface area (Å²) < 4.78 is 5.32. The van der Waals surface area contributed by atoms with E-state index < -0.39 is 0 Å². The first-order valence-corrected chi connectivity index (χ1v) is 6.10. The first kappa shape index (κ1) is 13.3. The van der Waals surface area contributed by atoms with Gasteiger partial charge in [-0.3, -0.25) is 0 Å². The van der Waals surface area contributed by atoms with Gasteiger partial charge in [0.15, 0.2) is 0 Å². The van der Waals surface area contributed by atoms with Crippen molar-refractivity contribution in [2.75, 3.05) is 7.11 Å². The van der Waals surface area contributed by atoms with Crippen molar-refractivity contribution in [3.05, 3.63) is 28.8 Å². The zero-order valence-corrected chi connectivity index (χ0v) is 10.9. The van der Waals surface area contributed by atoms with Crippen molar-refractivity contribution in [3.63, 3.8) is 0 Å². The summed E-state index contributed by atoms with van der Waals surface area (Å²) in [5, 5.41) is 0.678. The molecule has 1 atom stereocenters. The molecule has 0 aliphatic heterocycles. The highest BCUT2D eigenvalue weighted by Crippen LogP contribution is 2.33. The van der Waals surface area contributed by atoms with Crippen LogP contribution in [-0.4, -0.2) is 7.11 Å². The highest BCUT2D eigenvalue weighted by molar-refractivity contribution is 6.30. The number of methoxy groups -OCH3 is 1. The van der Waals surface area contributed by atoms with E-state index in [-0.39, 0.29) is 6.04 Å². The summed E-state index contributed by atoms with van der Waals surface area (Å²) >= 11 is 5.93. The van der Waals surface area contributed by atoms with Gasteiger partial charge in [0.25, 0.3) is 0 Å². The van der Waals surface area contributed by atoms with Crippen LogP contribution in [0.15, 0.2) is 18.2 Å². The SMILES string of the molecule is CCC(CC)C(N)c1ccc(Cl)cc1OC. The van der Waals surface area contributed by atoms with E-state index in [1.54, 1.807) is 7.11 Å². The van der Waals surface area contributed by atoms with E-state index in [0.717, 1.165) is 24.2 Å². The number of benzene rings is 1. The summed E-state index contributed by atoms with van der Waals surface area (Å²) in [4.78, 5) is 0. The topological polar surface area (TPSA) is 35.2 Å². The average molecular weight is 242 g/mol. The van der Waals surface area contributed by atoms with Gasteiger partial charge in [-0.1, -0.05) is 44.4 Å². The van der Waals surface area contributed by atoms with E-state index in [1.165, 1.54) is 0 Å². The molecule has 90 valence electrons. The molecule has 0 amide bonds. The standard InChI is InChI=1S/C13H20ClNO/c1-4-9(5-2)13(15)11-7-6-10(14)8-12(11)16-3/h6-9,13H,4-5,15H2,1-3H3. The van der Waals surface area contributed by atoms with Gasteiger partial charge in [-0.05, 0) is 18.1 Å². The largest absolute Gasteiger partial charge is 0.496 e. The van der Waals surface area contributed by atoms with Gasteiger partial charge in [-0.25, -0.2) is 0 Å². The molecule has 1 aromatic rings. The maximum absolute atomic E-state index is 6.26. The first-order chi connectivity index (χ1) is 7.63. The Labute approximate surface area is 103 Å². The molecular weight excluding hydrogens is 222 g/mol. The highest BCUT2D eigenvalue weighted by Gasteiger charge is 2.19. The van der Waals surface area contributed by atoms with Gasteiger partial charge in [0, 0.05) is 16.6 Å². The summed E-state index contributed by atoms with van der Waals surface area (Å²) in [6, 6.07) is 5.66. The summed E-state index contributed by atoms with van der Waals surface area (Å²) in [6.45, 7) is 4.33. The van der Waals surface area contributed by atoms with Gasteiger partial charge in [0.2, 0.25) is 0 Å². The van der Waals surface area contributed by atoms with Gasteiger partial charge in [-0.2, -0.15) is 0 Å². The van der Waals surface area contributed by atoms with Crippen LogP contribution < -0.4 is 10.5 Å². The predicted octanol–water partition coefficient (Wildman–Crippen LogP) is 3.78. The van der Waals surface area contributed by atoms with Crippen molar-refractivity contribution in [2.45, 2.75) is 32.7 Å². The van der Waals surface area contributed by atoms with Gasteiger partial charge >= 0.3 is 0 Å². The predicted molar refractivity (Wildman–Crippen MR) is 69.0 cm³/mol. The quantitative estimate of drug-likeness (QED) is 0.852. The van der Waals surface area contributed by atoms with E-state index in [0.29, 0.717) is 10.9 Å². The second kappa shape index (κ2) is 6.12. The lowest BCUT2D eigenvalue weighted by molar-refractivity contribution is 0.371. The molecule has 0 fully saturated rings. The monoisotopic (exact) mass is 241 g/mol. The van der Waals surface area contributed by atoms with Crippen LogP contribution in [0.2, 0.25) is 5.02 Å². The molecule has 0 saturated carbocycles. The van der Waals surface area contributed by atoms with E-state index in [2.05, 4.69) is 13.8 Å². The lowest BCUT2D eigenvalue weighted by Gasteiger charge is -2.23. The Morgan fingerprint density at radius 2 is 1.94 bits per heavy atom. The van der Waals surface area contributed by atoms with Gasteiger partial charge < -0.3 is 10.5 Å². The van der Waals surface area contributed by atoms with Crippen LogP contribution in [0.3, 0.4) is 0 Å². The second-order valence-electron chi connectivity index (χ2n) is 3.99. The number of hydrogen-bond acceptors (Lipinski definition) is 2. The minimum absolute atomic E-state index is 0.0159. The maximum Gasteiger partial charge on any atom is 0.125 e. The van der Waals surface area contributed by atoms with E-state index in [1.807, 2.05) is 18.2 Å². The third-order valence-corrected chi connectivity index (χ3v) is 3.35. The van der Waals surface area contributed by atoms with Crippen molar-refractivity contribution in [3.8, 4) is 5.75 Å². The lowest BCUT2D eigenvalue weighted by atomic mass is 9.89. The van der Waals surface area contributed by atoms with E-state index >= 15 is 0 Å². The van der Waals surface area contributed by atoms with Crippen molar-refractivity contribution in [2.24, 2.45) is 11.7 Å².